The number of hydrogen-bond acceptors (Lipinski definition) is 4. The van der Waals surface area contributed by atoms with Gasteiger partial charge in [-0.25, -0.2) is 5.84 Å². The minimum atomic E-state index is -0.761. The van der Waals surface area contributed by atoms with Gasteiger partial charge in [-0.2, -0.15) is 0 Å². The molecular formula is C12H19N3O2. The van der Waals surface area contributed by atoms with Crippen LogP contribution in [0.1, 0.15) is 28.3 Å². The molecular weight excluding hydrogens is 218 g/mol. The molecule has 1 atom stereocenters. The number of hydrogen-bond donors (Lipinski definition) is 3. The van der Waals surface area contributed by atoms with Gasteiger partial charge in [0.1, 0.15) is 11.8 Å². The van der Waals surface area contributed by atoms with E-state index in [-0.39, 0.29) is 0 Å². The van der Waals surface area contributed by atoms with E-state index in [1.165, 1.54) is 0 Å². The van der Waals surface area contributed by atoms with Crippen molar-refractivity contribution in [2.75, 3.05) is 7.11 Å². The van der Waals surface area contributed by atoms with E-state index in [1.807, 2.05) is 26.8 Å². The summed E-state index contributed by atoms with van der Waals surface area (Å²) in [4.78, 5) is 11.4. The molecule has 0 aliphatic rings. The Morgan fingerprint density at radius 3 is 2.41 bits per heavy atom. The van der Waals surface area contributed by atoms with Gasteiger partial charge in [-0.3, -0.25) is 10.2 Å². The molecule has 0 aliphatic carbocycles. The molecule has 1 unspecified atom stereocenters. The van der Waals surface area contributed by atoms with E-state index in [0.717, 1.165) is 28.0 Å². The summed E-state index contributed by atoms with van der Waals surface area (Å²) in [5, 5.41) is 0. The molecule has 5 N–H and O–H groups in total. The van der Waals surface area contributed by atoms with Crippen molar-refractivity contribution in [1.82, 2.24) is 5.43 Å². The molecule has 0 saturated carbocycles. The van der Waals surface area contributed by atoms with Gasteiger partial charge in [0.05, 0.1) is 7.11 Å². The average Bonchev–Trinajstić information content (AvgIpc) is 2.32. The van der Waals surface area contributed by atoms with Gasteiger partial charge in [-0.1, -0.05) is 6.07 Å². The summed E-state index contributed by atoms with van der Waals surface area (Å²) < 4.78 is 5.31. The number of hydrazine groups is 1. The van der Waals surface area contributed by atoms with Crippen LogP contribution in [0.15, 0.2) is 6.07 Å². The standard InChI is InChI=1S/C12H19N3O2/c1-6-5-9(10(13)12(16)15-14)7(2)8(3)11(6)17-4/h5,10H,13-14H2,1-4H3,(H,15,16). The summed E-state index contributed by atoms with van der Waals surface area (Å²) in [7, 11) is 1.63. The molecule has 0 fully saturated rings. The quantitative estimate of drug-likeness (QED) is 0.408. The molecule has 0 aliphatic heterocycles. The van der Waals surface area contributed by atoms with Crippen LogP contribution in [0.3, 0.4) is 0 Å². The third kappa shape index (κ3) is 2.40. The van der Waals surface area contributed by atoms with Gasteiger partial charge in [-0.15, -0.1) is 0 Å². The van der Waals surface area contributed by atoms with E-state index >= 15 is 0 Å². The monoisotopic (exact) mass is 237 g/mol. The smallest absolute Gasteiger partial charge is 0.255 e. The molecule has 5 heteroatoms. The van der Waals surface area contributed by atoms with Crippen LogP contribution in [-0.2, 0) is 4.79 Å². The maximum atomic E-state index is 11.4. The molecule has 0 heterocycles. The fourth-order valence-electron chi connectivity index (χ4n) is 1.96. The first-order valence-corrected chi connectivity index (χ1v) is 5.34. The fraction of sp³-hybridized carbons (Fsp3) is 0.417. The van der Waals surface area contributed by atoms with E-state index in [1.54, 1.807) is 7.11 Å². The molecule has 0 radical (unpaired) electrons. The Morgan fingerprint density at radius 2 is 1.94 bits per heavy atom. The zero-order valence-corrected chi connectivity index (χ0v) is 10.6. The minimum absolute atomic E-state index is 0.405. The average molecular weight is 237 g/mol. The van der Waals surface area contributed by atoms with Crippen molar-refractivity contribution in [3.63, 3.8) is 0 Å². The second kappa shape index (κ2) is 5.16. The Labute approximate surface area is 101 Å². The van der Waals surface area contributed by atoms with E-state index < -0.39 is 11.9 Å². The van der Waals surface area contributed by atoms with Crippen molar-refractivity contribution in [2.45, 2.75) is 26.8 Å². The van der Waals surface area contributed by atoms with Crippen molar-refractivity contribution in [1.29, 1.82) is 0 Å². The normalized spacial score (nSPS) is 12.1. The van der Waals surface area contributed by atoms with Gasteiger partial charge in [0, 0.05) is 0 Å². The summed E-state index contributed by atoms with van der Waals surface area (Å²) in [5.41, 5.74) is 11.6. The first-order valence-electron chi connectivity index (χ1n) is 5.34. The van der Waals surface area contributed by atoms with Crippen molar-refractivity contribution in [2.24, 2.45) is 11.6 Å². The Balaban J connectivity index is 3.32. The summed E-state index contributed by atoms with van der Waals surface area (Å²) >= 11 is 0. The first-order chi connectivity index (χ1) is 7.93. The maximum absolute atomic E-state index is 11.4. The Morgan fingerprint density at radius 1 is 1.35 bits per heavy atom. The molecule has 0 spiro atoms. The number of ether oxygens (including phenoxy) is 1. The SMILES string of the molecule is COc1c(C)cc(C(N)C(=O)NN)c(C)c1C. The van der Waals surface area contributed by atoms with Crippen LogP contribution in [0, 0.1) is 20.8 Å². The van der Waals surface area contributed by atoms with E-state index in [0.29, 0.717) is 0 Å². The van der Waals surface area contributed by atoms with Crippen molar-refractivity contribution < 1.29 is 9.53 Å². The predicted octanol–water partition coefficient (Wildman–Crippen LogP) is 0.610. The van der Waals surface area contributed by atoms with Gasteiger partial charge in [0.15, 0.2) is 0 Å². The van der Waals surface area contributed by atoms with E-state index in [4.69, 9.17) is 16.3 Å². The second-order valence-corrected chi connectivity index (χ2v) is 4.05. The molecule has 5 nitrogen and oxygen atoms in total. The van der Waals surface area contributed by atoms with Crippen LogP contribution in [0.4, 0.5) is 0 Å². The highest BCUT2D eigenvalue weighted by Gasteiger charge is 2.20. The van der Waals surface area contributed by atoms with E-state index in [9.17, 15) is 4.79 Å². The number of carbonyl (C=O) groups excluding carboxylic acids is 1. The topological polar surface area (TPSA) is 90.4 Å². The Kier molecular flexibility index (Phi) is 4.09. The molecule has 0 bridgehead atoms. The summed E-state index contributed by atoms with van der Waals surface area (Å²) in [6, 6.07) is 1.10. The van der Waals surface area contributed by atoms with Crippen LogP contribution in [0.5, 0.6) is 5.75 Å². The first kappa shape index (κ1) is 13.5. The van der Waals surface area contributed by atoms with Crippen molar-refractivity contribution in [3.05, 3.63) is 28.3 Å². The summed E-state index contributed by atoms with van der Waals surface area (Å²) in [6.45, 7) is 5.77. The minimum Gasteiger partial charge on any atom is -0.496 e. The Bertz CT molecular complexity index is 444. The molecule has 1 amide bonds. The highest BCUT2D eigenvalue weighted by Crippen LogP contribution is 2.30. The number of rotatable bonds is 3. The van der Waals surface area contributed by atoms with Gasteiger partial charge >= 0.3 is 0 Å². The number of amides is 1. The maximum Gasteiger partial charge on any atom is 0.255 e. The van der Waals surface area contributed by atoms with Crippen LogP contribution in [0.2, 0.25) is 0 Å². The third-order valence-electron chi connectivity index (χ3n) is 3.03. The van der Waals surface area contributed by atoms with Crippen molar-refractivity contribution in [3.8, 4) is 5.75 Å². The third-order valence-corrected chi connectivity index (χ3v) is 3.03. The van der Waals surface area contributed by atoms with Crippen LogP contribution >= 0.6 is 0 Å². The predicted molar refractivity (Wildman–Crippen MR) is 66.5 cm³/mol. The van der Waals surface area contributed by atoms with Gasteiger partial charge < -0.3 is 10.5 Å². The second-order valence-electron chi connectivity index (χ2n) is 4.05. The largest absolute Gasteiger partial charge is 0.496 e. The number of methoxy groups -OCH3 is 1. The number of carbonyl (C=O) groups is 1. The highest BCUT2D eigenvalue weighted by molar-refractivity contribution is 5.83. The van der Waals surface area contributed by atoms with Gasteiger partial charge in [0.2, 0.25) is 0 Å². The zero-order valence-electron chi connectivity index (χ0n) is 10.6. The van der Waals surface area contributed by atoms with Gasteiger partial charge in [0.25, 0.3) is 5.91 Å². The van der Waals surface area contributed by atoms with Crippen LogP contribution in [-0.4, -0.2) is 13.0 Å². The molecule has 0 aromatic heterocycles. The number of aryl methyl sites for hydroxylation is 1. The lowest BCUT2D eigenvalue weighted by atomic mass is 9.94. The van der Waals surface area contributed by atoms with E-state index in [2.05, 4.69) is 5.43 Å². The highest BCUT2D eigenvalue weighted by atomic mass is 16.5. The lowest BCUT2D eigenvalue weighted by Gasteiger charge is -2.19. The number of benzene rings is 1. The van der Waals surface area contributed by atoms with Crippen molar-refractivity contribution >= 4 is 5.91 Å². The molecule has 0 saturated heterocycles. The lowest BCUT2D eigenvalue weighted by molar-refractivity contribution is -0.122. The van der Waals surface area contributed by atoms with Crippen LogP contribution < -0.4 is 21.7 Å². The summed E-state index contributed by atoms with van der Waals surface area (Å²) in [5.74, 6) is 5.51. The van der Waals surface area contributed by atoms with Gasteiger partial charge in [-0.05, 0) is 43.0 Å². The Hall–Kier alpha value is -1.59. The van der Waals surface area contributed by atoms with Crippen LogP contribution in [0.25, 0.3) is 0 Å². The number of nitrogens with two attached hydrogens (primary N) is 2. The molecule has 17 heavy (non-hydrogen) atoms. The molecule has 1 rings (SSSR count). The molecule has 1 aromatic carbocycles. The lowest BCUT2D eigenvalue weighted by Crippen LogP contribution is -2.38. The fourth-order valence-corrected chi connectivity index (χ4v) is 1.96. The zero-order chi connectivity index (χ0) is 13.2. The molecule has 1 aromatic rings. The molecule has 94 valence electrons. The summed E-state index contributed by atoms with van der Waals surface area (Å²) in [6.07, 6.45) is 0. The number of nitrogens with one attached hydrogen (secondary N) is 1.